The van der Waals surface area contributed by atoms with Crippen LogP contribution in [-0.4, -0.2) is 29.6 Å². The monoisotopic (exact) mass is 318 g/mol. The van der Waals surface area contributed by atoms with E-state index in [2.05, 4.69) is 10.6 Å². The summed E-state index contributed by atoms with van der Waals surface area (Å²) in [6.07, 6.45) is 0. The molecule has 0 bridgehead atoms. The Morgan fingerprint density at radius 2 is 1.95 bits per heavy atom. The molecule has 20 heavy (non-hydrogen) atoms. The Balaban J connectivity index is 2.60. The molecule has 110 valence electrons. The van der Waals surface area contributed by atoms with Crippen LogP contribution in [0.1, 0.15) is 13.8 Å². The fourth-order valence-electron chi connectivity index (χ4n) is 1.61. The van der Waals surface area contributed by atoms with Gasteiger partial charge in [-0.2, -0.15) is 0 Å². The zero-order valence-electron chi connectivity index (χ0n) is 11.1. The Hall–Kier alpha value is -1.30. The molecule has 0 aliphatic rings. The van der Waals surface area contributed by atoms with Crippen molar-refractivity contribution < 1.29 is 14.7 Å². The van der Waals surface area contributed by atoms with Crippen molar-refractivity contribution in [2.24, 2.45) is 5.92 Å². The molecule has 0 aliphatic carbocycles. The molecule has 5 nitrogen and oxygen atoms in total. The van der Waals surface area contributed by atoms with Crippen molar-refractivity contribution in [3.63, 3.8) is 0 Å². The zero-order chi connectivity index (χ0) is 15.3. The number of aliphatic carboxylic acids is 1. The van der Waals surface area contributed by atoms with E-state index in [4.69, 9.17) is 28.3 Å². The highest BCUT2D eigenvalue weighted by atomic mass is 35.5. The number of amides is 1. The zero-order valence-corrected chi connectivity index (χ0v) is 12.6. The third kappa shape index (κ3) is 4.67. The molecule has 7 heteroatoms. The third-order valence-electron chi connectivity index (χ3n) is 2.64. The van der Waals surface area contributed by atoms with Gasteiger partial charge in [-0.05, 0) is 18.1 Å². The van der Waals surface area contributed by atoms with Crippen LogP contribution in [0.3, 0.4) is 0 Å². The Bertz CT molecular complexity index is 506. The summed E-state index contributed by atoms with van der Waals surface area (Å²) in [5, 5.41) is 14.8. The molecule has 0 saturated carbocycles. The molecule has 3 N–H and O–H groups in total. The van der Waals surface area contributed by atoms with Crippen LogP contribution in [0.4, 0.5) is 5.69 Å². The number of carbonyl (C=O) groups is 2. The van der Waals surface area contributed by atoms with Crippen LogP contribution in [-0.2, 0) is 9.59 Å². The molecular formula is C13H16Cl2N2O3. The number of carboxylic acid groups (broad SMARTS) is 1. The first-order chi connectivity index (χ1) is 9.32. The van der Waals surface area contributed by atoms with E-state index < -0.39 is 12.0 Å². The van der Waals surface area contributed by atoms with E-state index >= 15 is 0 Å². The third-order valence-corrected chi connectivity index (χ3v) is 3.46. The fourth-order valence-corrected chi connectivity index (χ4v) is 1.95. The molecule has 1 rings (SSSR count). The van der Waals surface area contributed by atoms with Crippen molar-refractivity contribution >= 4 is 40.8 Å². The summed E-state index contributed by atoms with van der Waals surface area (Å²) in [6, 6.07) is 4.10. The van der Waals surface area contributed by atoms with Gasteiger partial charge in [0, 0.05) is 0 Å². The van der Waals surface area contributed by atoms with E-state index in [0.29, 0.717) is 10.7 Å². The van der Waals surface area contributed by atoms with E-state index in [-0.39, 0.29) is 23.4 Å². The Morgan fingerprint density at radius 3 is 2.50 bits per heavy atom. The maximum atomic E-state index is 11.8. The summed E-state index contributed by atoms with van der Waals surface area (Å²) in [5.41, 5.74) is 0.391. The van der Waals surface area contributed by atoms with E-state index in [9.17, 15) is 9.59 Å². The van der Waals surface area contributed by atoms with Crippen LogP contribution in [0.2, 0.25) is 10.0 Å². The smallest absolute Gasteiger partial charge is 0.320 e. The minimum atomic E-state index is -0.992. The highest BCUT2D eigenvalue weighted by Crippen LogP contribution is 2.29. The lowest BCUT2D eigenvalue weighted by molar-refractivity contribution is -0.140. The second-order valence-electron chi connectivity index (χ2n) is 4.59. The molecular weight excluding hydrogens is 303 g/mol. The van der Waals surface area contributed by atoms with Gasteiger partial charge in [-0.15, -0.1) is 0 Å². The highest BCUT2D eigenvalue weighted by Gasteiger charge is 2.21. The van der Waals surface area contributed by atoms with Gasteiger partial charge in [0.05, 0.1) is 22.3 Å². The summed E-state index contributed by atoms with van der Waals surface area (Å²) in [7, 11) is 0. The number of nitrogens with one attached hydrogen (secondary N) is 2. The number of hydrogen-bond donors (Lipinski definition) is 3. The van der Waals surface area contributed by atoms with E-state index in [1.165, 1.54) is 0 Å². The summed E-state index contributed by atoms with van der Waals surface area (Å²) in [4.78, 5) is 22.7. The summed E-state index contributed by atoms with van der Waals surface area (Å²) < 4.78 is 0. The number of halogens is 2. The molecule has 0 radical (unpaired) electrons. The minimum Gasteiger partial charge on any atom is -0.480 e. The van der Waals surface area contributed by atoms with Gasteiger partial charge in [-0.25, -0.2) is 0 Å². The lowest BCUT2D eigenvalue weighted by atomic mass is 10.1. The molecule has 1 atom stereocenters. The van der Waals surface area contributed by atoms with Crippen LogP contribution in [0, 0.1) is 5.92 Å². The fraction of sp³-hybridized carbons (Fsp3) is 0.385. The number of rotatable bonds is 6. The van der Waals surface area contributed by atoms with E-state index in [1.54, 1.807) is 32.0 Å². The SMILES string of the molecule is CC(C)C(NCC(=O)Nc1cccc(Cl)c1Cl)C(=O)O. The van der Waals surface area contributed by atoms with Gasteiger partial charge >= 0.3 is 5.97 Å². The Morgan fingerprint density at radius 1 is 1.30 bits per heavy atom. The highest BCUT2D eigenvalue weighted by molar-refractivity contribution is 6.43. The summed E-state index contributed by atoms with van der Waals surface area (Å²) in [5.74, 6) is -1.51. The molecule has 1 amide bonds. The topological polar surface area (TPSA) is 78.4 Å². The van der Waals surface area contributed by atoms with Gasteiger partial charge in [0.1, 0.15) is 6.04 Å². The molecule has 0 spiro atoms. The number of anilines is 1. The van der Waals surface area contributed by atoms with Crippen molar-refractivity contribution in [1.82, 2.24) is 5.32 Å². The number of hydrogen-bond acceptors (Lipinski definition) is 3. The number of carboxylic acids is 1. The van der Waals surface area contributed by atoms with Crippen molar-refractivity contribution in [2.75, 3.05) is 11.9 Å². The lowest BCUT2D eigenvalue weighted by Gasteiger charge is -2.17. The number of benzene rings is 1. The van der Waals surface area contributed by atoms with Crippen LogP contribution in [0.25, 0.3) is 0 Å². The van der Waals surface area contributed by atoms with Gasteiger partial charge in [0.15, 0.2) is 0 Å². The van der Waals surface area contributed by atoms with Gasteiger partial charge in [0.2, 0.25) is 5.91 Å². The van der Waals surface area contributed by atoms with Crippen molar-refractivity contribution in [1.29, 1.82) is 0 Å². The normalized spacial score (nSPS) is 12.2. The molecule has 0 fully saturated rings. The Kier molecular flexibility index (Phi) is 6.26. The first kappa shape index (κ1) is 16.8. The van der Waals surface area contributed by atoms with Gasteiger partial charge in [-0.1, -0.05) is 43.1 Å². The second kappa shape index (κ2) is 7.47. The van der Waals surface area contributed by atoms with Gasteiger partial charge in [0.25, 0.3) is 0 Å². The maximum Gasteiger partial charge on any atom is 0.320 e. The van der Waals surface area contributed by atoms with Crippen molar-refractivity contribution in [2.45, 2.75) is 19.9 Å². The predicted octanol–water partition coefficient (Wildman–Crippen LogP) is 2.63. The largest absolute Gasteiger partial charge is 0.480 e. The number of carbonyl (C=O) groups excluding carboxylic acids is 1. The van der Waals surface area contributed by atoms with Crippen LogP contribution in [0.5, 0.6) is 0 Å². The average molecular weight is 319 g/mol. The van der Waals surface area contributed by atoms with Crippen LogP contribution < -0.4 is 10.6 Å². The molecule has 1 aromatic rings. The average Bonchev–Trinajstić information content (AvgIpc) is 2.34. The van der Waals surface area contributed by atoms with Crippen LogP contribution >= 0.6 is 23.2 Å². The quantitative estimate of drug-likeness (QED) is 0.753. The first-order valence-corrected chi connectivity index (χ1v) is 6.78. The van der Waals surface area contributed by atoms with E-state index in [1.807, 2.05) is 0 Å². The molecule has 0 aliphatic heterocycles. The molecule has 1 unspecified atom stereocenters. The van der Waals surface area contributed by atoms with E-state index in [0.717, 1.165) is 0 Å². The standard InChI is InChI=1S/C13H16Cl2N2O3/c1-7(2)12(13(19)20)16-6-10(18)17-9-5-3-4-8(14)11(9)15/h3-5,7,12,16H,6H2,1-2H3,(H,17,18)(H,19,20). The molecule has 0 saturated heterocycles. The molecule has 0 heterocycles. The lowest BCUT2D eigenvalue weighted by Crippen LogP contribution is -2.44. The summed E-state index contributed by atoms with van der Waals surface area (Å²) >= 11 is 11.8. The second-order valence-corrected chi connectivity index (χ2v) is 5.38. The Labute approximate surface area is 127 Å². The van der Waals surface area contributed by atoms with Crippen LogP contribution in [0.15, 0.2) is 18.2 Å². The predicted molar refractivity (Wildman–Crippen MR) is 79.4 cm³/mol. The van der Waals surface area contributed by atoms with Gasteiger partial charge < -0.3 is 10.4 Å². The van der Waals surface area contributed by atoms with Crippen molar-refractivity contribution in [3.05, 3.63) is 28.2 Å². The minimum absolute atomic E-state index is 0.127. The summed E-state index contributed by atoms with van der Waals surface area (Å²) in [6.45, 7) is 3.40. The van der Waals surface area contributed by atoms with Crippen molar-refractivity contribution in [3.8, 4) is 0 Å². The molecule has 0 aromatic heterocycles. The first-order valence-electron chi connectivity index (χ1n) is 6.03. The van der Waals surface area contributed by atoms with Gasteiger partial charge in [-0.3, -0.25) is 14.9 Å². The molecule has 1 aromatic carbocycles. The maximum absolute atomic E-state index is 11.8.